The largest absolute Gasteiger partial charge is 0.416 e. The Balaban J connectivity index is 1.95. The van der Waals surface area contributed by atoms with Gasteiger partial charge >= 0.3 is 6.18 Å². The first kappa shape index (κ1) is 19.5. The molecule has 142 valence electrons. The molecule has 0 saturated carbocycles. The minimum absolute atomic E-state index is 0.124. The average molecular weight is 392 g/mol. The zero-order valence-electron chi connectivity index (χ0n) is 15.0. The van der Waals surface area contributed by atoms with Crippen molar-refractivity contribution in [2.45, 2.75) is 37.5 Å². The van der Waals surface area contributed by atoms with Crippen LogP contribution in [0.25, 0.3) is 10.9 Å². The molecule has 3 rings (SSSR count). The average Bonchev–Trinajstić information content (AvgIpc) is 2.62. The smallest absolute Gasteiger partial charge is 0.287 e. The van der Waals surface area contributed by atoms with E-state index in [1.165, 1.54) is 17.8 Å². The first-order valence-electron chi connectivity index (χ1n) is 8.54. The molecule has 0 amide bonds. The second kappa shape index (κ2) is 7.76. The molecule has 0 saturated heterocycles. The van der Waals surface area contributed by atoms with E-state index >= 15 is 0 Å². The fourth-order valence-corrected chi connectivity index (χ4v) is 3.72. The first-order chi connectivity index (χ1) is 12.8. The van der Waals surface area contributed by atoms with Gasteiger partial charge in [-0.1, -0.05) is 55.9 Å². The lowest BCUT2D eigenvalue weighted by Crippen LogP contribution is -2.25. The molecule has 7 heteroatoms. The minimum atomic E-state index is -4.37. The van der Waals surface area contributed by atoms with Gasteiger partial charge in [-0.05, 0) is 29.7 Å². The molecule has 3 nitrogen and oxygen atoms in total. The maximum Gasteiger partial charge on any atom is 0.416 e. The molecule has 0 aliphatic carbocycles. The van der Waals surface area contributed by atoms with Crippen LogP contribution in [0.2, 0.25) is 0 Å². The van der Waals surface area contributed by atoms with Crippen LogP contribution in [0.3, 0.4) is 0 Å². The van der Waals surface area contributed by atoms with Crippen molar-refractivity contribution in [1.29, 1.82) is 0 Å². The predicted molar refractivity (Wildman–Crippen MR) is 102 cm³/mol. The van der Waals surface area contributed by atoms with Gasteiger partial charge in [0.1, 0.15) is 0 Å². The van der Waals surface area contributed by atoms with Crippen LogP contribution in [0.1, 0.15) is 25.0 Å². The summed E-state index contributed by atoms with van der Waals surface area (Å²) in [7, 11) is 0. The molecule has 0 spiro atoms. The number of aromatic nitrogens is 2. The molecule has 0 fully saturated rings. The van der Waals surface area contributed by atoms with Crippen LogP contribution in [0.4, 0.5) is 13.2 Å². The van der Waals surface area contributed by atoms with Gasteiger partial charge in [-0.15, -0.1) is 0 Å². The van der Waals surface area contributed by atoms with Gasteiger partial charge in [0, 0.05) is 12.3 Å². The van der Waals surface area contributed by atoms with E-state index in [1.807, 2.05) is 19.9 Å². The van der Waals surface area contributed by atoms with Gasteiger partial charge < -0.3 is 0 Å². The van der Waals surface area contributed by atoms with E-state index < -0.39 is 11.7 Å². The van der Waals surface area contributed by atoms with Crippen molar-refractivity contribution in [2.24, 2.45) is 5.92 Å². The van der Waals surface area contributed by atoms with Crippen LogP contribution in [-0.4, -0.2) is 9.55 Å². The number of thioether (sulfide) groups is 1. The molecular weight excluding hydrogens is 373 g/mol. The summed E-state index contributed by atoms with van der Waals surface area (Å²) in [5, 5.41) is 1.06. The summed E-state index contributed by atoms with van der Waals surface area (Å²) in [6.45, 7) is 4.51. The van der Waals surface area contributed by atoms with Crippen molar-refractivity contribution >= 4 is 22.7 Å². The van der Waals surface area contributed by atoms with Gasteiger partial charge in [0.15, 0.2) is 5.16 Å². The van der Waals surface area contributed by atoms with Crippen LogP contribution < -0.4 is 5.56 Å². The number of fused-ring (bicyclic) bond motifs is 1. The Kier molecular flexibility index (Phi) is 5.60. The summed E-state index contributed by atoms with van der Waals surface area (Å²) in [4.78, 5) is 17.4. The molecule has 1 aromatic heterocycles. The molecule has 0 radical (unpaired) electrons. The number of hydrogen-bond donors (Lipinski definition) is 0. The van der Waals surface area contributed by atoms with Crippen molar-refractivity contribution in [3.05, 3.63) is 70.0 Å². The van der Waals surface area contributed by atoms with Gasteiger partial charge in [0.05, 0.1) is 16.5 Å². The van der Waals surface area contributed by atoms with Crippen LogP contribution in [-0.2, 0) is 18.5 Å². The molecule has 1 heterocycles. The zero-order valence-corrected chi connectivity index (χ0v) is 15.8. The number of benzene rings is 2. The van der Waals surface area contributed by atoms with E-state index in [2.05, 4.69) is 4.98 Å². The molecule has 0 aliphatic rings. The molecule has 3 aromatic rings. The number of alkyl halides is 3. The summed E-state index contributed by atoms with van der Waals surface area (Å²) in [5.74, 6) is 0.533. The molecular formula is C20H19F3N2OS. The number of nitrogens with zero attached hydrogens (tertiary/aromatic N) is 2. The van der Waals surface area contributed by atoms with E-state index in [-0.39, 0.29) is 11.5 Å². The third kappa shape index (κ3) is 4.53. The quantitative estimate of drug-likeness (QED) is 0.433. The zero-order chi connectivity index (χ0) is 19.6. The Hall–Kier alpha value is -2.28. The van der Waals surface area contributed by atoms with Crippen LogP contribution in [0.5, 0.6) is 0 Å². The normalized spacial score (nSPS) is 12.1. The first-order valence-corrected chi connectivity index (χ1v) is 9.53. The maximum atomic E-state index is 12.9. The molecule has 0 unspecified atom stereocenters. The summed E-state index contributed by atoms with van der Waals surface area (Å²) < 4.78 is 40.3. The molecule has 0 N–H and O–H groups in total. The molecule has 0 atom stereocenters. The van der Waals surface area contributed by atoms with Crippen molar-refractivity contribution in [2.75, 3.05) is 0 Å². The Morgan fingerprint density at radius 2 is 1.85 bits per heavy atom. The van der Waals surface area contributed by atoms with Gasteiger partial charge in [-0.25, -0.2) is 4.98 Å². The van der Waals surface area contributed by atoms with Gasteiger partial charge in [-0.2, -0.15) is 13.2 Å². The second-order valence-corrected chi connectivity index (χ2v) is 7.65. The van der Waals surface area contributed by atoms with E-state index in [9.17, 15) is 18.0 Å². The van der Waals surface area contributed by atoms with Crippen molar-refractivity contribution in [1.82, 2.24) is 9.55 Å². The van der Waals surface area contributed by atoms with Crippen molar-refractivity contribution < 1.29 is 13.2 Å². The molecule has 27 heavy (non-hydrogen) atoms. The molecule has 0 bridgehead atoms. The summed E-state index contributed by atoms with van der Waals surface area (Å²) in [6.07, 6.45) is -4.37. The number of rotatable bonds is 5. The number of para-hydroxylation sites is 1. The highest BCUT2D eigenvalue weighted by Gasteiger charge is 2.30. The second-order valence-electron chi connectivity index (χ2n) is 6.71. The Bertz CT molecular complexity index is 1010. The monoisotopic (exact) mass is 392 g/mol. The summed E-state index contributed by atoms with van der Waals surface area (Å²) in [5.41, 5.74) is 0.329. The number of hydrogen-bond acceptors (Lipinski definition) is 3. The Labute approximate surface area is 159 Å². The van der Waals surface area contributed by atoms with Gasteiger partial charge in [0.2, 0.25) is 0 Å². The Morgan fingerprint density at radius 1 is 1.11 bits per heavy atom. The van der Waals surface area contributed by atoms with Crippen molar-refractivity contribution in [3.63, 3.8) is 0 Å². The highest BCUT2D eigenvalue weighted by molar-refractivity contribution is 7.98. The van der Waals surface area contributed by atoms with E-state index in [0.717, 1.165) is 12.1 Å². The predicted octanol–water partition coefficient (Wildman–Crippen LogP) is 5.36. The van der Waals surface area contributed by atoms with Crippen LogP contribution in [0, 0.1) is 5.92 Å². The highest BCUT2D eigenvalue weighted by Crippen LogP contribution is 2.31. The Morgan fingerprint density at radius 3 is 2.56 bits per heavy atom. The fourth-order valence-electron chi connectivity index (χ4n) is 2.77. The lowest BCUT2D eigenvalue weighted by atomic mass is 10.1. The minimum Gasteiger partial charge on any atom is -0.287 e. The van der Waals surface area contributed by atoms with Crippen molar-refractivity contribution in [3.8, 4) is 0 Å². The molecule has 2 aromatic carbocycles. The standard InChI is InChI=1S/C20H19F3N2OS/c1-13(2)11-25-18(26)16-8-3-4-9-17(16)24-19(25)27-12-14-6-5-7-15(10-14)20(21,22)23/h3-10,13H,11-12H2,1-2H3. The highest BCUT2D eigenvalue weighted by atomic mass is 32.2. The summed E-state index contributed by atoms with van der Waals surface area (Å²) >= 11 is 1.27. The van der Waals surface area contributed by atoms with E-state index in [0.29, 0.717) is 33.9 Å². The maximum absolute atomic E-state index is 12.9. The van der Waals surface area contributed by atoms with E-state index in [1.54, 1.807) is 28.8 Å². The molecule has 0 aliphatic heterocycles. The third-order valence-corrected chi connectivity index (χ3v) is 5.04. The lowest BCUT2D eigenvalue weighted by Gasteiger charge is -2.15. The lowest BCUT2D eigenvalue weighted by molar-refractivity contribution is -0.137. The third-order valence-electron chi connectivity index (χ3n) is 4.00. The topological polar surface area (TPSA) is 34.9 Å². The van der Waals surface area contributed by atoms with Crippen LogP contribution in [0.15, 0.2) is 58.5 Å². The summed E-state index contributed by atoms with van der Waals surface area (Å²) in [6, 6.07) is 12.3. The fraction of sp³-hybridized carbons (Fsp3) is 0.300. The number of halogens is 3. The van der Waals surface area contributed by atoms with E-state index in [4.69, 9.17) is 0 Å². The van der Waals surface area contributed by atoms with Gasteiger partial charge in [0.25, 0.3) is 5.56 Å². The van der Waals surface area contributed by atoms with Crippen LogP contribution >= 0.6 is 11.8 Å². The van der Waals surface area contributed by atoms with Gasteiger partial charge in [-0.3, -0.25) is 9.36 Å². The SMILES string of the molecule is CC(C)Cn1c(SCc2cccc(C(F)(F)F)c2)nc2ccccc2c1=O.